The molecular formula is C11H13ClIN5O5. The average molecular weight is 458 g/mol. The van der Waals surface area contributed by atoms with Crippen LogP contribution in [0.15, 0.2) is 20.9 Å². The number of aliphatic hydroxyl groups excluding tert-OH is 2. The number of alkyl halides is 2. The van der Waals surface area contributed by atoms with E-state index in [1.54, 1.807) is 22.6 Å². The van der Waals surface area contributed by atoms with Crippen LogP contribution in [0.5, 0.6) is 0 Å². The van der Waals surface area contributed by atoms with Gasteiger partial charge < -0.3 is 14.9 Å². The molecule has 0 radical (unpaired) electrons. The largest absolute Gasteiger partial charge is 0.394 e. The first kappa shape index (κ1) is 18.2. The van der Waals surface area contributed by atoms with Gasteiger partial charge in [0.2, 0.25) is 0 Å². The minimum absolute atomic E-state index is 0.00217. The Bertz CT molecular complexity index is 730. The van der Waals surface area contributed by atoms with Gasteiger partial charge in [0.1, 0.15) is 12.3 Å². The van der Waals surface area contributed by atoms with Crippen molar-refractivity contribution in [2.24, 2.45) is 5.11 Å². The molecule has 0 aromatic carbocycles. The van der Waals surface area contributed by atoms with Crippen LogP contribution in [0.2, 0.25) is 0 Å². The molecule has 2 heterocycles. The van der Waals surface area contributed by atoms with Gasteiger partial charge in [-0.3, -0.25) is 14.3 Å². The Hall–Kier alpha value is -1.11. The molecule has 0 saturated carbocycles. The fourth-order valence-corrected chi connectivity index (χ4v) is 3.00. The number of aromatic amines is 1. The topological polar surface area (TPSA) is 153 Å². The highest BCUT2D eigenvalue weighted by atomic mass is 127. The number of ether oxygens (including phenoxy) is 1. The van der Waals surface area contributed by atoms with Crippen LogP contribution in [0, 0.1) is 0 Å². The maximum Gasteiger partial charge on any atom is 0.330 e. The highest BCUT2D eigenvalue weighted by Gasteiger charge is 2.35. The predicted octanol–water partition coefficient (Wildman–Crippen LogP) is 0.529. The summed E-state index contributed by atoms with van der Waals surface area (Å²) in [6.07, 6.45) is -1.35. The molecule has 10 nitrogen and oxygen atoms in total. The van der Waals surface area contributed by atoms with Crippen molar-refractivity contribution in [3.8, 4) is 0 Å². The lowest BCUT2D eigenvalue weighted by Crippen LogP contribution is -2.35. The molecule has 0 amide bonds. The van der Waals surface area contributed by atoms with Crippen molar-refractivity contribution in [3.05, 3.63) is 43.0 Å². The van der Waals surface area contributed by atoms with E-state index in [9.17, 15) is 14.7 Å². The van der Waals surface area contributed by atoms with Gasteiger partial charge in [-0.15, -0.1) is 11.6 Å². The van der Waals surface area contributed by atoms with Crippen LogP contribution in [0.1, 0.15) is 24.3 Å². The zero-order valence-corrected chi connectivity index (χ0v) is 14.5. The highest BCUT2D eigenvalue weighted by Crippen LogP contribution is 2.30. The number of aromatic nitrogens is 2. The van der Waals surface area contributed by atoms with Gasteiger partial charge >= 0.3 is 5.69 Å². The first-order valence-corrected chi connectivity index (χ1v) is 8.19. The van der Waals surface area contributed by atoms with Crippen molar-refractivity contribution in [1.82, 2.24) is 9.55 Å². The molecule has 2 rings (SSSR count). The standard InChI is InChI=1S/C11H13ClIN5O5/c12-9(13)8(16-17-14)4-2-18(11(22)15-10(4)21)7-1-5(20)6(3-19)23-7/h2,5-9,19-20H,1,3H2,(H,15,21,22)/t5-,6+,7+,8?,9?/m0/s1. The van der Waals surface area contributed by atoms with Crippen molar-refractivity contribution in [3.63, 3.8) is 0 Å². The van der Waals surface area contributed by atoms with Gasteiger partial charge in [0.05, 0.1) is 22.1 Å². The van der Waals surface area contributed by atoms with Gasteiger partial charge in [-0.05, 0) is 5.53 Å². The fourth-order valence-electron chi connectivity index (χ4n) is 2.28. The molecule has 0 bridgehead atoms. The quantitative estimate of drug-likeness (QED) is 0.193. The Balaban J connectivity index is 2.47. The number of H-pyrrole nitrogens is 1. The van der Waals surface area contributed by atoms with Gasteiger partial charge in [0.15, 0.2) is 0 Å². The summed E-state index contributed by atoms with van der Waals surface area (Å²) >= 11 is 7.71. The van der Waals surface area contributed by atoms with Gasteiger partial charge in [0.25, 0.3) is 5.56 Å². The normalized spacial score (nSPS) is 26.5. The van der Waals surface area contributed by atoms with Crippen LogP contribution in [0.3, 0.4) is 0 Å². The van der Waals surface area contributed by atoms with E-state index in [4.69, 9.17) is 27.0 Å². The van der Waals surface area contributed by atoms with E-state index < -0.39 is 45.7 Å². The molecule has 1 aromatic rings. The van der Waals surface area contributed by atoms with Crippen LogP contribution < -0.4 is 11.2 Å². The molecular weight excluding hydrogens is 445 g/mol. The molecule has 12 heteroatoms. The summed E-state index contributed by atoms with van der Waals surface area (Å²) in [7, 11) is 0. The van der Waals surface area contributed by atoms with E-state index in [-0.39, 0.29) is 12.0 Å². The minimum atomic E-state index is -0.988. The van der Waals surface area contributed by atoms with Crippen LogP contribution in [-0.2, 0) is 4.74 Å². The minimum Gasteiger partial charge on any atom is -0.394 e. The van der Waals surface area contributed by atoms with Gasteiger partial charge in [-0.1, -0.05) is 27.7 Å². The molecule has 1 fully saturated rings. The summed E-state index contributed by atoms with van der Waals surface area (Å²) < 4.78 is 5.75. The molecule has 2 unspecified atom stereocenters. The molecule has 3 N–H and O–H groups in total. The van der Waals surface area contributed by atoms with Crippen LogP contribution in [0.25, 0.3) is 10.4 Å². The smallest absolute Gasteiger partial charge is 0.330 e. The number of nitrogens with one attached hydrogen (secondary N) is 1. The van der Waals surface area contributed by atoms with Crippen LogP contribution >= 0.6 is 34.2 Å². The SMILES string of the molecule is [N-]=[N+]=NC(c1cn([C@H]2C[C@H](O)[C@@H](CO)O2)c(=O)[nH]c1=O)C(Cl)I. The average Bonchev–Trinajstić information content (AvgIpc) is 2.86. The van der Waals surface area contributed by atoms with Gasteiger partial charge in [0, 0.05) is 23.1 Å². The van der Waals surface area contributed by atoms with E-state index in [0.717, 1.165) is 4.57 Å². The first-order valence-electron chi connectivity index (χ1n) is 6.51. The Morgan fingerprint density at radius 3 is 2.87 bits per heavy atom. The van der Waals surface area contributed by atoms with E-state index in [2.05, 4.69) is 15.0 Å². The maximum atomic E-state index is 12.0. The summed E-state index contributed by atoms with van der Waals surface area (Å²) in [5.74, 6) is 0. The molecule has 0 spiro atoms. The Labute approximate surface area is 147 Å². The third kappa shape index (κ3) is 3.87. The molecule has 5 atom stereocenters. The first-order chi connectivity index (χ1) is 10.9. The van der Waals surface area contributed by atoms with E-state index in [0.29, 0.717) is 0 Å². The Morgan fingerprint density at radius 1 is 1.65 bits per heavy atom. The number of hydrogen-bond donors (Lipinski definition) is 3. The Morgan fingerprint density at radius 2 is 2.35 bits per heavy atom. The van der Waals surface area contributed by atoms with Gasteiger partial charge in [-0.25, -0.2) is 4.79 Å². The molecule has 23 heavy (non-hydrogen) atoms. The summed E-state index contributed by atoms with van der Waals surface area (Å²) in [6, 6.07) is -0.988. The fraction of sp³-hybridized carbons (Fsp3) is 0.636. The Kier molecular flexibility index (Phi) is 6.06. The predicted molar refractivity (Wildman–Crippen MR) is 88.5 cm³/mol. The maximum absolute atomic E-state index is 12.0. The monoisotopic (exact) mass is 457 g/mol. The number of nitrogens with zero attached hydrogens (tertiary/aromatic N) is 4. The lowest BCUT2D eigenvalue weighted by Gasteiger charge is -2.17. The van der Waals surface area contributed by atoms with Crippen LogP contribution in [0.4, 0.5) is 0 Å². The zero-order chi connectivity index (χ0) is 17.1. The van der Waals surface area contributed by atoms with Crippen LogP contribution in [-0.4, -0.2) is 42.0 Å². The van der Waals surface area contributed by atoms with E-state index >= 15 is 0 Å². The second-order valence-corrected chi connectivity index (χ2v) is 7.40. The molecule has 1 aliphatic rings. The molecule has 1 aliphatic heterocycles. The summed E-state index contributed by atoms with van der Waals surface area (Å²) in [4.78, 5) is 28.7. The second-order valence-electron chi connectivity index (χ2n) is 4.85. The van der Waals surface area contributed by atoms with Crippen molar-refractivity contribution < 1.29 is 14.9 Å². The number of hydrogen-bond acceptors (Lipinski definition) is 6. The number of azide groups is 1. The number of halogens is 2. The summed E-state index contributed by atoms with van der Waals surface area (Å²) in [5, 5.41) is 22.3. The lowest BCUT2D eigenvalue weighted by molar-refractivity contribution is -0.0460. The van der Waals surface area contributed by atoms with Crippen molar-refractivity contribution in [2.75, 3.05) is 6.61 Å². The zero-order valence-electron chi connectivity index (χ0n) is 11.5. The summed E-state index contributed by atoms with van der Waals surface area (Å²) in [6.45, 7) is -0.401. The lowest BCUT2D eigenvalue weighted by atomic mass is 10.1. The molecule has 0 aliphatic carbocycles. The molecule has 1 aromatic heterocycles. The third-order valence-corrected chi connectivity index (χ3v) is 4.34. The van der Waals surface area contributed by atoms with Crippen molar-refractivity contribution in [1.29, 1.82) is 0 Å². The summed E-state index contributed by atoms with van der Waals surface area (Å²) in [5.41, 5.74) is 7.15. The van der Waals surface area contributed by atoms with Crippen molar-refractivity contribution in [2.45, 2.75) is 34.3 Å². The van der Waals surface area contributed by atoms with Gasteiger partial charge in [-0.2, -0.15) is 0 Å². The third-order valence-electron chi connectivity index (χ3n) is 3.42. The number of rotatable bonds is 5. The highest BCUT2D eigenvalue weighted by molar-refractivity contribution is 14.1. The number of aliphatic hydroxyl groups is 2. The van der Waals surface area contributed by atoms with Crippen molar-refractivity contribution >= 4 is 34.2 Å². The molecule has 126 valence electrons. The molecule has 1 saturated heterocycles. The van der Waals surface area contributed by atoms with E-state index in [1.165, 1.54) is 6.20 Å². The second kappa shape index (κ2) is 7.64. The van der Waals surface area contributed by atoms with E-state index in [1.807, 2.05) is 0 Å².